The van der Waals surface area contributed by atoms with E-state index in [4.69, 9.17) is 4.74 Å². The van der Waals surface area contributed by atoms with E-state index >= 15 is 0 Å². The molecule has 0 amide bonds. The van der Waals surface area contributed by atoms with Crippen molar-refractivity contribution in [2.45, 2.75) is 37.7 Å². The third-order valence-corrected chi connectivity index (χ3v) is 6.45. The minimum Gasteiger partial charge on any atom is -0.439 e. The molecular formula is C24H23N3O2S. The van der Waals surface area contributed by atoms with E-state index in [1.54, 1.807) is 17.5 Å². The lowest BCUT2D eigenvalue weighted by Gasteiger charge is -2.27. The van der Waals surface area contributed by atoms with Gasteiger partial charge in [0.25, 0.3) is 0 Å². The lowest BCUT2D eigenvalue weighted by molar-refractivity contribution is 0.119. The number of hydrogen-bond donors (Lipinski definition) is 2. The SMILES string of the molecule is O[C@@H]1CCCC(c2cccnc2Oc2ccc(Nc3nc4ccccc4s3)cc2)C1. The molecule has 6 heteroatoms. The maximum Gasteiger partial charge on any atom is 0.222 e. The van der Waals surface area contributed by atoms with Crippen LogP contribution in [0.25, 0.3) is 10.2 Å². The molecule has 2 N–H and O–H groups in total. The van der Waals surface area contributed by atoms with Crippen molar-refractivity contribution in [2.24, 2.45) is 0 Å². The predicted octanol–water partition coefficient (Wildman–Crippen LogP) is 6.25. The molecule has 30 heavy (non-hydrogen) atoms. The highest BCUT2D eigenvalue weighted by atomic mass is 32.1. The molecule has 1 aliphatic carbocycles. The van der Waals surface area contributed by atoms with Gasteiger partial charge in [-0.25, -0.2) is 9.97 Å². The average molecular weight is 418 g/mol. The van der Waals surface area contributed by atoms with Crippen molar-refractivity contribution in [1.29, 1.82) is 0 Å². The highest BCUT2D eigenvalue weighted by Crippen LogP contribution is 2.38. The number of para-hydroxylation sites is 1. The molecule has 1 fully saturated rings. The van der Waals surface area contributed by atoms with Crippen LogP contribution in [0.5, 0.6) is 11.6 Å². The summed E-state index contributed by atoms with van der Waals surface area (Å²) in [4.78, 5) is 9.07. The number of aromatic nitrogens is 2. The van der Waals surface area contributed by atoms with Crippen LogP contribution in [0.2, 0.25) is 0 Å². The van der Waals surface area contributed by atoms with E-state index in [0.29, 0.717) is 5.88 Å². The topological polar surface area (TPSA) is 67.3 Å². The summed E-state index contributed by atoms with van der Waals surface area (Å²) in [5.41, 5.74) is 3.03. The van der Waals surface area contributed by atoms with Gasteiger partial charge >= 0.3 is 0 Å². The maximum atomic E-state index is 10.0. The van der Waals surface area contributed by atoms with Crippen LogP contribution in [0.1, 0.15) is 37.2 Å². The van der Waals surface area contributed by atoms with Crippen LogP contribution < -0.4 is 10.1 Å². The second-order valence-electron chi connectivity index (χ2n) is 7.65. The normalized spacial score (nSPS) is 19.0. The molecule has 0 bridgehead atoms. The van der Waals surface area contributed by atoms with Crippen LogP contribution in [0.4, 0.5) is 10.8 Å². The second-order valence-corrected chi connectivity index (χ2v) is 8.68. The molecule has 0 aliphatic heterocycles. The van der Waals surface area contributed by atoms with Crippen LogP contribution >= 0.6 is 11.3 Å². The summed E-state index contributed by atoms with van der Waals surface area (Å²) in [6.07, 6.45) is 5.27. The lowest BCUT2D eigenvalue weighted by atomic mass is 9.83. The van der Waals surface area contributed by atoms with Gasteiger partial charge in [-0.15, -0.1) is 0 Å². The second kappa shape index (κ2) is 8.42. The highest BCUT2D eigenvalue weighted by Gasteiger charge is 2.24. The minimum absolute atomic E-state index is 0.232. The fraction of sp³-hybridized carbons (Fsp3) is 0.250. The Morgan fingerprint density at radius 2 is 1.87 bits per heavy atom. The third kappa shape index (κ3) is 4.15. The molecule has 2 aromatic carbocycles. The zero-order valence-electron chi connectivity index (χ0n) is 16.5. The van der Waals surface area contributed by atoms with Gasteiger partial charge in [-0.1, -0.05) is 36.0 Å². The molecule has 1 saturated carbocycles. The maximum absolute atomic E-state index is 10.0. The smallest absolute Gasteiger partial charge is 0.222 e. The molecule has 2 aromatic heterocycles. The van der Waals surface area contributed by atoms with Gasteiger partial charge in [-0.2, -0.15) is 0 Å². The number of hydrogen-bond acceptors (Lipinski definition) is 6. The van der Waals surface area contributed by atoms with E-state index in [0.717, 1.165) is 58.0 Å². The summed E-state index contributed by atoms with van der Waals surface area (Å²) in [5.74, 6) is 1.65. The van der Waals surface area contributed by atoms with E-state index in [1.165, 1.54) is 0 Å². The molecular weight excluding hydrogens is 394 g/mol. The number of nitrogens with one attached hydrogen (secondary N) is 1. The first kappa shape index (κ1) is 19.0. The number of aliphatic hydroxyl groups excluding tert-OH is 1. The quantitative estimate of drug-likeness (QED) is 0.402. The summed E-state index contributed by atoms with van der Waals surface area (Å²) >= 11 is 1.63. The molecule has 0 radical (unpaired) electrons. The van der Waals surface area contributed by atoms with Crippen LogP contribution in [-0.2, 0) is 0 Å². The molecule has 4 aromatic rings. The Morgan fingerprint density at radius 1 is 1.00 bits per heavy atom. The van der Waals surface area contributed by atoms with Crippen molar-refractivity contribution < 1.29 is 9.84 Å². The number of pyridine rings is 1. The molecule has 152 valence electrons. The van der Waals surface area contributed by atoms with Gasteiger partial charge in [0.05, 0.1) is 16.3 Å². The van der Waals surface area contributed by atoms with Gasteiger partial charge in [0.1, 0.15) is 5.75 Å². The summed E-state index contributed by atoms with van der Waals surface area (Å²) in [5, 5.41) is 14.3. The molecule has 1 unspecified atom stereocenters. The van der Waals surface area contributed by atoms with E-state index in [9.17, 15) is 5.11 Å². The number of nitrogens with zero attached hydrogens (tertiary/aromatic N) is 2. The van der Waals surface area contributed by atoms with Gasteiger partial charge in [0, 0.05) is 17.4 Å². The number of rotatable bonds is 5. The Hall–Kier alpha value is -2.96. The molecule has 5 nitrogen and oxygen atoms in total. The van der Waals surface area contributed by atoms with Crippen LogP contribution in [0.3, 0.4) is 0 Å². The van der Waals surface area contributed by atoms with Crippen molar-refractivity contribution in [1.82, 2.24) is 9.97 Å². The number of ether oxygens (including phenoxy) is 1. The first-order chi connectivity index (χ1) is 14.7. The summed E-state index contributed by atoms with van der Waals surface area (Å²) < 4.78 is 7.28. The van der Waals surface area contributed by atoms with E-state index < -0.39 is 0 Å². The van der Waals surface area contributed by atoms with Crippen LogP contribution in [0.15, 0.2) is 66.9 Å². The zero-order chi connectivity index (χ0) is 20.3. The fourth-order valence-electron chi connectivity index (χ4n) is 4.01. The monoisotopic (exact) mass is 417 g/mol. The van der Waals surface area contributed by atoms with Gasteiger partial charge in [0.2, 0.25) is 5.88 Å². The van der Waals surface area contributed by atoms with Gasteiger partial charge in [0.15, 0.2) is 5.13 Å². The molecule has 2 atom stereocenters. The molecule has 0 saturated heterocycles. The Bertz CT molecular complexity index is 1110. The minimum atomic E-state index is -0.232. The molecule has 1 aliphatic rings. The fourth-order valence-corrected chi connectivity index (χ4v) is 4.90. The van der Waals surface area contributed by atoms with Crippen molar-refractivity contribution in [3.05, 3.63) is 72.4 Å². The lowest BCUT2D eigenvalue weighted by Crippen LogP contribution is -2.18. The van der Waals surface area contributed by atoms with E-state index in [-0.39, 0.29) is 12.0 Å². The van der Waals surface area contributed by atoms with E-state index in [1.807, 2.05) is 48.5 Å². The van der Waals surface area contributed by atoms with Gasteiger partial charge in [-0.05, 0) is 67.6 Å². The van der Waals surface area contributed by atoms with Crippen molar-refractivity contribution in [3.63, 3.8) is 0 Å². The van der Waals surface area contributed by atoms with Gasteiger partial charge in [-0.3, -0.25) is 0 Å². The summed E-state index contributed by atoms with van der Waals surface area (Å²) in [6, 6.07) is 19.9. The number of aliphatic hydroxyl groups is 1. The third-order valence-electron chi connectivity index (χ3n) is 5.50. The predicted molar refractivity (Wildman–Crippen MR) is 121 cm³/mol. The zero-order valence-corrected chi connectivity index (χ0v) is 17.3. The van der Waals surface area contributed by atoms with Gasteiger partial charge < -0.3 is 15.2 Å². The largest absolute Gasteiger partial charge is 0.439 e. The van der Waals surface area contributed by atoms with Crippen LogP contribution in [-0.4, -0.2) is 21.2 Å². The first-order valence-corrected chi connectivity index (χ1v) is 11.1. The number of fused-ring (bicyclic) bond motifs is 1. The summed E-state index contributed by atoms with van der Waals surface area (Å²) in [7, 11) is 0. The Labute approximate surface area is 179 Å². The standard InChI is InChI=1S/C24H23N3O2S/c28-18-6-3-5-16(15-18)20-7-4-14-25-23(20)29-19-12-10-17(11-13-19)26-24-27-21-8-1-2-9-22(21)30-24/h1-2,4,7-14,16,18,28H,3,5-6,15H2,(H,26,27)/t16?,18-/m1/s1. The number of thiazole rings is 1. The number of anilines is 2. The molecule has 0 spiro atoms. The Balaban J connectivity index is 1.30. The Morgan fingerprint density at radius 3 is 2.70 bits per heavy atom. The van der Waals surface area contributed by atoms with Crippen molar-refractivity contribution in [3.8, 4) is 11.6 Å². The highest BCUT2D eigenvalue weighted by molar-refractivity contribution is 7.22. The summed E-state index contributed by atoms with van der Waals surface area (Å²) in [6.45, 7) is 0. The van der Waals surface area contributed by atoms with E-state index in [2.05, 4.69) is 27.4 Å². The van der Waals surface area contributed by atoms with Crippen LogP contribution in [0, 0.1) is 0 Å². The van der Waals surface area contributed by atoms with Crippen molar-refractivity contribution in [2.75, 3.05) is 5.32 Å². The first-order valence-electron chi connectivity index (χ1n) is 10.3. The van der Waals surface area contributed by atoms with Crippen molar-refractivity contribution >= 4 is 32.4 Å². The number of benzene rings is 2. The molecule has 2 heterocycles. The molecule has 5 rings (SSSR count). The average Bonchev–Trinajstić information content (AvgIpc) is 3.18. The Kier molecular flexibility index (Phi) is 5.34.